The van der Waals surface area contributed by atoms with Crippen molar-refractivity contribution in [3.05, 3.63) is 69.3 Å². The molecule has 1 amide bonds. The minimum atomic E-state index is -0.749. The Kier molecular flexibility index (Phi) is 6.26. The minimum absolute atomic E-state index is 0.0225. The largest absolute Gasteiger partial charge is 0.497 e. The molecule has 136 valence electrons. The average Bonchev–Trinajstić information content (AvgIpc) is 2.67. The zero-order chi connectivity index (χ0) is 19.1. The molecule has 8 nitrogen and oxygen atoms in total. The lowest BCUT2D eigenvalue weighted by atomic mass is 10.1. The van der Waals surface area contributed by atoms with Gasteiger partial charge in [-0.3, -0.25) is 14.9 Å². The van der Waals surface area contributed by atoms with E-state index in [2.05, 4.69) is 10.1 Å². The first-order chi connectivity index (χ1) is 12.4. The number of benzene rings is 2. The molecule has 0 aliphatic heterocycles. The summed E-state index contributed by atoms with van der Waals surface area (Å²) in [4.78, 5) is 34.2. The fraction of sp³-hybridized carbons (Fsp3) is 0.222. The smallest absolute Gasteiger partial charge is 0.338 e. The number of esters is 1. The third kappa shape index (κ3) is 4.79. The molecule has 0 radical (unpaired) electrons. The van der Waals surface area contributed by atoms with E-state index < -0.39 is 16.8 Å². The molecule has 0 saturated heterocycles. The van der Waals surface area contributed by atoms with Gasteiger partial charge in [0.25, 0.3) is 11.6 Å². The third-order valence-corrected chi connectivity index (χ3v) is 3.67. The quantitative estimate of drug-likeness (QED) is 0.462. The second kappa shape index (κ2) is 8.61. The van der Waals surface area contributed by atoms with Gasteiger partial charge in [0.05, 0.1) is 24.7 Å². The van der Waals surface area contributed by atoms with E-state index in [1.54, 1.807) is 7.11 Å². The van der Waals surface area contributed by atoms with Crippen molar-refractivity contribution in [3.8, 4) is 5.75 Å². The van der Waals surface area contributed by atoms with Gasteiger partial charge in [-0.2, -0.15) is 0 Å². The van der Waals surface area contributed by atoms with E-state index in [1.165, 1.54) is 6.07 Å². The second-order valence-electron chi connectivity index (χ2n) is 5.37. The summed E-state index contributed by atoms with van der Waals surface area (Å²) < 4.78 is 9.64. The third-order valence-electron chi connectivity index (χ3n) is 3.67. The number of methoxy groups -OCH3 is 2. The maximum absolute atomic E-state index is 12.3. The van der Waals surface area contributed by atoms with Crippen molar-refractivity contribution in [2.75, 3.05) is 20.8 Å². The second-order valence-corrected chi connectivity index (χ2v) is 5.37. The number of carbonyl (C=O) groups is 2. The number of nitro benzene ring substituents is 1. The van der Waals surface area contributed by atoms with Gasteiger partial charge in [-0.05, 0) is 30.2 Å². The molecule has 2 aromatic rings. The SMILES string of the molecule is COC(=O)c1cc(C(=O)NCCc2ccc(OC)cc2)cc([N+](=O)[O-])c1. The number of carbonyl (C=O) groups excluding carboxylic acids is 2. The molecule has 2 rings (SSSR count). The van der Waals surface area contributed by atoms with E-state index in [4.69, 9.17) is 4.74 Å². The van der Waals surface area contributed by atoms with Gasteiger partial charge in [0.1, 0.15) is 5.75 Å². The normalized spacial score (nSPS) is 10.1. The Labute approximate surface area is 149 Å². The van der Waals surface area contributed by atoms with E-state index in [9.17, 15) is 19.7 Å². The fourth-order valence-corrected chi connectivity index (χ4v) is 2.30. The summed E-state index contributed by atoms with van der Waals surface area (Å²) in [5, 5.41) is 13.7. The van der Waals surface area contributed by atoms with Gasteiger partial charge >= 0.3 is 5.97 Å². The summed E-state index contributed by atoms with van der Waals surface area (Å²) >= 11 is 0. The molecule has 0 spiro atoms. The Morgan fingerprint density at radius 1 is 1.08 bits per heavy atom. The molecule has 0 bridgehead atoms. The van der Waals surface area contributed by atoms with Crippen molar-refractivity contribution in [2.45, 2.75) is 6.42 Å². The standard InChI is InChI=1S/C18H18N2O6/c1-25-16-5-3-12(4-6-16)7-8-19-17(21)13-9-14(18(22)26-2)11-15(10-13)20(23)24/h3-6,9-11H,7-8H2,1-2H3,(H,19,21). The van der Waals surface area contributed by atoms with Gasteiger partial charge < -0.3 is 14.8 Å². The molecule has 1 N–H and O–H groups in total. The van der Waals surface area contributed by atoms with Crippen LogP contribution in [-0.4, -0.2) is 37.6 Å². The summed E-state index contributed by atoms with van der Waals surface area (Å²) in [6, 6.07) is 10.9. The fourth-order valence-electron chi connectivity index (χ4n) is 2.30. The number of nitro groups is 1. The van der Waals surface area contributed by atoms with Crippen LogP contribution in [-0.2, 0) is 11.2 Å². The first kappa shape index (κ1) is 18.9. The highest BCUT2D eigenvalue weighted by atomic mass is 16.6. The molecule has 0 unspecified atom stereocenters. The van der Waals surface area contributed by atoms with Gasteiger partial charge in [-0.1, -0.05) is 12.1 Å². The highest BCUT2D eigenvalue weighted by Crippen LogP contribution is 2.18. The van der Waals surface area contributed by atoms with E-state index >= 15 is 0 Å². The Morgan fingerprint density at radius 3 is 2.31 bits per heavy atom. The Balaban J connectivity index is 2.06. The first-order valence-corrected chi connectivity index (χ1v) is 7.73. The first-order valence-electron chi connectivity index (χ1n) is 7.73. The molecule has 0 aromatic heterocycles. The zero-order valence-corrected chi connectivity index (χ0v) is 14.4. The Bertz CT molecular complexity index is 817. The van der Waals surface area contributed by atoms with Gasteiger partial charge in [-0.15, -0.1) is 0 Å². The summed E-state index contributed by atoms with van der Waals surface area (Å²) in [6.07, 6.45) is 0.578. The summed E-state index contributed by atoms with van der Waals surface area (Å²) in [5.74, 6) is -0.516. The van der Waals surface area contributed by atoms with Crippen LogP contribution in [0.4, 0.5) is 5.69 Å². The molecule has 0 heterocycles. The lowest BCUT2D eigenvalue weighted by Crippen LogP contribution is -2.26. The van der Waals surface area contributed by atoms with Crippen LogP contribution < -0.4 is 10.1 Å². The van der Waals surface area contributed by atoms with Gasteiger partial charge in [0.15, 0.2) is 0 Å². The highest BCUT2D eigenvalue weighted by Gasteiger charge is 2.18. The average molecular weight is 358 g/mol. The van der Waals surface area contributed by atoms with Crippen molar-refractivity contribution in [2.24, 2.45) is 0 Å². The van der Waals surface area contributed by atoms with Crippen LogP contribution in [0.25, 0.3) is 0 Å². The summed E-state index contributed by atoms with van der Waals surface area (Å²) in [5.41, 5.74) is 0.616. The van der Waals surface area contributed by atoms with Crippen molar-refractivity contribution < 1.29 is 24.0 Å². The maximum atomic E-state index is 12.3. The monoisotopic (exact) mass is 358 g/mol. The number of rotatable bonds is 7. The number of non-ortho nitro benzene ring substituents is 1. The molecule has 0 fully saturated rings. The number of hydrogen-bond acceptors (Lipinski definition) is 6. The predicted octanol–water partition coefficient (Wildman–Crippen LogP) is 2.36. The van der Waals surface area contributed by atoms with Crippen LogP contribution >= 0.6 is 0 Å². The lowest BCUT2D eigenvalue weighted by Gasteiger charge is -2.08. The van der Waals surface area contributed by atoms with Crippen LogP contribution in [0.2, 0.25) is 0 Å². The molecule has 0 atom stereocenters. The predicted molar refractivity (Wildman–Crippen MR) is 93.5 cm³/mol. The number of amides is 1. The van der Waals surface area contributed by atoms with E-state index in [1.807, 2.05) is 24.3 Å². The van der Waals surface area contributed by atoms with Gasteiger partial charge in [0, 0.05) is 24.2 Å². The zero-order valence-electron chi connectivity index (χ0n) is 14.4. The van der Waals surface area contributed by atoms with Gasteiger partial charge in [-0.25, -0.2) is 4.79 Å². The van der Waals surface area contributed by atoms with Crippen LogP contribution in [0.5, 0.6) is 5.75 Å². The molecule has 0 aliphatic carbocycles. The molecular formula is C18H18N2O6. The number of nitrogens with zero attached hydrogens (tertiary/aromatic N) is 1. The van der Waals surface area contributed by atoms with Crippen molar-refractivity contribution in [3.63, 3.8) is 0 Å². The van der Waals surface area contributed by atoms with Crippen LogP contribution in [0, 0.1) is 10.1 Å². The Hall–Kier alpha value is -3.42. The topological polar surface area (TPSA) is 108 Å². The Morgan fingerprint density at radius 2 is 1.73 bits per heavy atom. The maximum Gasteiger partial charge on any atom is 0.338 e. The minimum Gasteiger partial charge on any atom is -0.497 e. The van der Waals surface area contributed by atoms with Crippen LogP contribution in [0.1, 0.15) is 26.3 Å². The van der Waals surface area contributed by atoms with E-state index in [0.29, 0.717) is 13.0 Å². The van der Waals surface area contributed by atoms with Crippen LogP contribution in [0.3, 0.4) is 0 Å². The lowest BCUT2D eigenvalue weighted by molar-refractivity contribution is -0.384. The van der Waals surface area contributed by atoms with E-state index in [0.717, 1.165) is 30.6 Å². The summed E-state index contributed by atoms with van der Waals surface area (Å²) in [7, 11) is 2.74. The van der Waals surface area contributed by atoms with Gasteiger partial charge in [0.2, 0.25) is 0 Å². The molecule has 0 aliphatic rings. The number of ether oxygens (including phenoxy) is 2. The summed E-state index contributed by atoms with van der Waals surface area (Å²) in [6.45, 7) is 0.335. The number of nitrogens with one attached hydrogen (secondary N) is 1. The highest BCUT2D eigenvalue weighted by molar-refractivity contribution is 5.98. The van der Waals surface area contributed by atoms with E-state index in [-0.39, 0.29) is 16.8 Å². The number of hydrogen-bond donors (Lipinski definition) is 1. The molecular weight excluding hydrogens is 340 g/mol. The molecule has 2 aromatic carbocycles. The van der Waals surface area contributed by atoms with Crippen molar-refractivity contribution >= 4 is 17.6 Å². The molecule has 0 saturated carbocycles. The molecule has 8 heteroatoms. The van der Waals surface area contributed by atoms with Crippen LogP contribution in [0.15, 0.2) is 42.5 Å². The van der Waals surface area contributed by atoms with Crippen molar-refractivity contribution in [1.29, 1.82) is 0 Å². The molecule has 26 heavy (non-hydrogen) atoms. The van der Waals surface area contributed by atoms with Crippen molar-refractivity contribution in [1.82, 2.24) is 5.32 Å².